The Bertz CT molecular complexity index is 1340. The molecule has 0 spiro atoms. The highest BCUT2D eigenvalue weighted by Gasteiger charge is 2.26. The average molecular weight is 606 g/mol. The van der Waals surface area contributed by atoms with Gasteiger partial charge in [0.25, 0.3) is 0 Å². The lowest BCUT2D eigenvalue weighted by Crippen LogP contribution is -2.28. The molecule has 180 valence electrons. The molecule has 4 rings (SSSR count). The summed E-state index contributed by atoms with van der Waals surface area (Å²) in [5.74, 6) is -4.30. The normalized spacial score (nSPS) is 15.2. The Morgan fingerprint density at radius 2 is 1.91 bits per heavy atom. The smallest absolute Gasteiger partial charge is 0.341 e. The number of benzene rings is 1. The minimum atomic E-state index is -1.57. The van der Waals surface area contributed by atoms with E-state index in [2.05, 4.69) is 4.98 Å². The number of halogens is 4. The zero-order valence-corrected chi connectivity index (χ0v) is 20.6. The summed E-state index contributed by atoms with van der Waals surface area (Å²) in [5.41, 5.74) is 3.82. The monoisotopic (exact) mass is 606 g/mol. The first kappa shape index (κ1) is 26.0. The molecular weight excluding hydrogens is 588 g/mol. The van der Waals surface area contributed by atoms with Crippen LogP contribution in [0.4, 0.5) is 19.0 Å². The number of nitrogens with zero attached hydrogens (tertiary/aromatic N) is 3. The Kier molecular flexibility index (Phi) is 8.20. The molecule has 1 atom stereocenters. The fourth-order valence-corrected chi connectivity index (χ4v) is 3.43. The van der Waals surface area contributed by atoms with Gasteiger partial charge in [0.2, 0.25) is 5.43 Å². The van der Waals surface area contributed by atoms with Crippen LogP contribution in [0.1, 0.15) is 23.7 Å². The summed E-state index contributed by atoms with van der Waals surface area (Å²) in [4.78, 5) is 39.6. The van der Waals surface area contributed by atoms with Gasteiger partial charge in [0.05, 0.1) is 11.1 Å². The maximum atomic E-state index is 14.7. The van der Waals surface area contributed by atoms with Crippen LogP contribution in [0, 0.1) is 17.5 Å². The number of hydrogen-bond acceptors (Lipinski definition) is 7. The summed E-state index contributed by atoms with van der Waals surface area (Å²) < 4.78 is 43.5. The maximum absolute atomic E-state index is 14.7. The second kappa shape index (κ2) is 10.7. The van der Waals surface area contributed by atoms with Crippen LogP contribution in [-0.2, 0) is 4.79 Å². The van der Waals surface area contributed by atoms with Crippen molar-refractivity contribution in [2.45, 2.75) is 19.4 Å². The predicted molar refractivity (Wildman–Crippen MR) is 131 cm³/mol. The van der Waals surface area contributed by atoms with Crippen LogP contribution in [-0.4, -0.2) is 44.9 Å². The first-order chi connectivity index (χ1) is 16.0. The van der Waals surface area contributed by atoms with Crippen molar-refractivity contribution >= 4 is 58.1 Å². The van der Waals surface area contributed by atoms with Crippen molar-refractivity contribution in [1.29, 1.82) is 0 Å². The number of aromatic carboxylic acids is 1. The highest BCUT2D eigenvalue weighted by Crippen LogP contribution is 2.26. The maximum Gasteiger partial charge on any atom is 0.341 e. The molecule has 0 saturated carbocycles. The summed E-state index contributed by atoms with van der Waals surface area (Å²) in [6.45, 7) is 2.33. The molecule has 0 radical (unpaired) electrons. The van der Waals surface area contributed by atoms with Crippen LogP contribution in [0.2, 0.25) is 0 Å². The Balaban J connectivity index is 0.000000588. The highest BCUT2D eigenvalue weighted by atomic mass is 127. The molecule has 3 heterocycles. The van der Waals surface area contributed by atoms with Gasteiger partial charge in [-0.05, 0) is 33.6 Å². The van der Waals surface area contributed by atoms with E-state index in [9.17, 15) is 32.7 Å². The van der Waals surface area contributed by atoms with Crippen molar-refractivity contribution in [2.75, 3.05) is 18.0 Å². The van der Waals surface area contributed by atoms with E-state index < -0.39 is 34.4 Å². The Labute approximate surface area is 207 Å². The van der Waals surface area contributed by atoms with E-state index in [1.165, 1.54) is 15.9 Å². The fraction of sp³-hybridized carbons (Fsp3) is 0.238. The number of nitrogens with two attached hydrogens (primary N) is 1. The van der Waals surface area contributed by atoms with E-state index in [-0.39, 0.29) is 33.7 Å². The lowest BCUT2D eigenvalue weighted by atomic mass is 10.1. The summed E-state index contributed by atoms with van der Waals surface area (Å²) >= 11 is 1.94. The van der Waals surface area contributed by atoms with Crippen molar-refractivity contribution in [3.63, 3.8) is 0 Å². The van der Waals surface area contributed by atoms with Gasteiger partial charge in [-0.3, -0.25) is 14.2 Å². The molecule has 3 N–H and O–H groups in total. The fourth-order valence-electron chi connectivity index (χ4n) is 3.43. The molecule has 1 aromatic carbocycles. The molecule has 0 aliphatic carbocycles. The summed E-state index contributed by atoms with van der Waals surface area (Å²) in [7, 11) is 1.21. The van der Waals surface area contributed by atoms with Gasteiger partial charge in [-0.25, -0.2) is 22.9 Å². The van der Waals surface area contributed by atoms with Gasteiger partial charge in [0, 0.05) is 59.5 Å². The number of carboxylic acids is 1. The standard InChI is InChI=1S/C19H15F3N4O3.C2H3IOS/c20-9-1-2-15(13(21)5-9)26-8-12(19(28)29)16(27)11-6-14(22)18(24-17(11)26)25-4-3-10(23)7-25;1-2(4)5-3/h1-2,5-6,8,10H,3-4,7,23H2,(H,28,29);1H3. The number of carboxylic acid groups (broad SMARTS) is 1. The molecule has 34 heavy (non-hydrogen) atoms. The third-order valence-electron chi connectivity index (χ3n) is 4.95. The number of anilines is 1. The zero-order valence-electron chi connectivity index (χ0n) is 17.6. The molecule has 13 heteroatoms. The SMILES string of the molecule is CC(=O)SI.NC1CCN(c2nc3c(cc2F)c(=O)c(C(=O)O)cn3-c2ccc(F)cc2F)C1. The third-order valence-corrected chi connectivity index (χ3v) is 7.02. The van der Waals surface area contributed by atoms with Crippen molar-refractivity contribution in [3.8, 4) is 5.69 Å². The van der Waals surface area contributed by atoms with E-state index in [1.54, 1.807) is 4.90 Å². The van der Waals surface area contributed by atoms with Gasteiger partial charge >= 0.3 is 5.97 Å². The highest BCUT2D eigenvalue weighted by molar-refractivity contribution is 14.2. The number of rotatable bonds is 3. The van der Waals surface area contributed by atoms with E-state index in [1.807, 2.05) is 21.2 Å². The molecule has 2 aromatic heterocycles. The lowest BCUT2D eigenvalue weighted by molar-refractivity contribution is -0.109. The number of pyridine rings is 2. The third kappa shape index (κ3) is 5.52. The topological polar surface area (TPSA) is 119 Å². The van der Waals surface area contributed by atoms with E-state index >= 15 is 0 Å². The van der Waals surface area contributed by atoms with Crippen molar-refractivity contribution < 1.29 is 27.9 Å². The molecule has 1 unspecified atom stereocenters. The van der Waals surface area contributed by atoms with E-state index in [0.717, 1.165) is 29.0 Å². The molecular formula is C21H18F3IN4O4S. The van der Waals surface area contributed by atoms with Gasteiger partial charge < -0.3 is 15.7 Å². The Hall–Kier alpha value is -2.65. The molecule has 8 nitrogen and oxygen atoms in total. The number of hydrogen-bond donors (Lipinski definition) is 2. The molecule has 0 bridgehead atoms. The van der Waals surface area contributed by atoms with Crippen LogP contribution in [0.25, 0.3) is 16.7 Å². The molecule has 1 saturated heterocycles. The molecule has 1 aliphatic heterocycles. The minimum absolute atomic E-state index is 0.0794. The molecule has 3 aromatic rings. The number of fused-ring (bicyclic) bond motifs is 1. The largest absolute Gasteiger partial charge is 0.477 e. The zero-order chi connectivity index (χ0) is 25.2. The summed E-state index contributed by atoms with van der Waals surface area (Å²) in [6.07, 6.45) is 1.52. The quantitative estimate of drug-likeness (QED) is 0.434. The second-order valence-corrected chi connectivity index (χ2v) is 9.42. The number of aromatic nitrogens is 2. The number of carbonyl (C=O) groups excluding carboxylic acids is 1. The van der Waals surface area contributed by atoms with Crippen LogP contribution >= 0.6 is 30.1 Å². The van der Waals surface area contributed by atoms with Crippen LogP contribution in [0.5, 0.6) is 0 Å². The van der Waals surface area contributed by atoms with Gasteiger partial charge in [-0.15, -0.1) is 0 Å². The number of carbonyl (C=O) groups is 2. The van der Waals surface area contributed by atoms with E-state index in [0.29, 0.717) is 25.6 Å². The van der Waals surface area contributed by atoms with Crippen molar-refractivity contribution in [3.05, 3.63) is 63.7 Å². The Morgan fingerprint density at radius 3 is 2.44 bits per heavy atom. The minimum Gasteiger partial charge on any atom is -0.477 e. The first-order valence-electron chi connectivity index (χ1n) is 9.77. The predicted octanol–water partition coefficient (Wildman–Crippen LogP) is 3.65. The van der Waals surface area contributed by atoms with Crippen molar-refractivity contribution in [2.24, 2.45) is 5.73 Å². The second-order valence-electron chi connectivity index (χ2n) is 7.37. The summed E-state index contributed by atoms with van der Waals surface area (Å²) in [6, 6.07) is 3.39. The van der Waals surface area contributed by atoms with Gasteiger partial charge in [-0.1, -0.05) is 0 Å². The summed E-state index contributed by atoms with van der Waals surface area (Å²) in [5, 5.41) is 9.16. The lowest BCUT2D eigenvalue weighted by Gasteiger charge is -2.19. The molecule has 1 aliphatic rings. The van der Waals surface area contributed by atoms with Gasteiger partial charge in [-0.2, -0.15) is 0 Å². The van der Waals surface area contributed by atoms with Crippen LogP contribution in [0.15, 0.2) is 35.3 Å². The molecule has 1 fully saturated rings. The van der Waals surface area contributed by atoms with Gasteiger partial charge in [0.1, 0.15) is 17.2 Å². The van der Waals surface area contributed by atoms with Crippen LogP contribution < -0.4 is 16.1 Å². The first-order valence-corrected chi connectivity index (χ1v) is 13.1. The average Bonchev–Trinajstić information content (AvgIpc) is 3.20. The van der Waals surface area contributed by atoms with Crippen molar-refractivity contribution in [1.82, 2.24) is 9.55 Å². The van der Waals surface area contributed by atoms with Gasteiger partial charge in [0.15, 0.2) is 22.4 Å². The molecule has 0 amide bonds. The Morgan fingerprint density at radius 1 is 1.24 bits per heavy atom. The van der Waals surface area contributed by atoms with E-state index in [4.69, 9.17) is 5.73 Å². The van der Waals surface area contributed by atoms with Crippen LogP contribution in [0.3, 0.4) is 0 Å².